The van der Waals surface area contributed by atoms with Gasteiger partial charge in [0.2, 0.25) is 5.78 Å². The fourth-order valence-corrected chi connectivity index (χ4v) is 3.58. The van der Waals surface area contributed by atoms with Crippen molar-refractivity contribution in [1.29, 1.82) is 0 Å². The molecule has 0 bridgehead atoms. The molecule has 0 spiro atoms. The second kappa shape index (κ2) is 7.31. The molecule has 1 unspecified atom stereocenters. The van der Waals surface area contributed by atoms with Crippen molar-refractivity contribution >= 4 is 40.6 Å². The first-order valence-electron chi connectivity index (χ1n) is 8.47. The minimum atomic E-state index is -1.01. The first kappa shape index (κ1) is 19.1. The molecule has 0 saturated heterocycles. The van der Waals surface area contributed by atoms with Crippen LogP contribution in [-0.2, 0) is 4.79 Å². The number of halogens is 2. The number of phenolic OH excluding ortho intramolecular Hbond substituents is 1. The van der Waals surface area contributed by atoms with E-state index in [0.29, 0.717) is 16.3 Å². The lowest BCUT2D eigenvalue weighted by atomic mass is 9.94. The van der Waals surface area contributed by atoms with Gasteiger partial charge in [0.1, 0.15) is 5.75 Å². The number of rotatable bonds is 4. The molecule has 8 heteroatoms. The summed E-state index contributed by atoms with van der Waals surface area (Å²) in [5.74, 6) is -2.21. The number of furan rings is 1. The SMILES string of the molecule is O=C(C1=C(O)C(=O)N(c2ccc(Cl)c(Cl)c2)C1c1cccc(O)c1)c1ccco1. The molecule has 29 heavy (non-hydrogen) atoms. The van der Waals surface area contributed by atoms with E-state index < -0.39 is 23.5 Å². The van der Waals surface area contributed by atoms with Crippen LogP contribution in [0.4, 0.5) is 5.69 Å². The topological polar surface area (TPSA) is 91.0 Å². The lowest BCUT2D eigenvalue weighted by Crippen LogP contribution is -2.31. The number of aromatic hydroxyl groups is 1. The first-order valence-corrected chi connectivity index (χ1v) is 9.23. The van der Waals surface area contributed by atoms with E-state index in [1.54, 1.807) is 18.2 Å². The molecule has 2 aromatic carbocycles. The number of ketones is 1. The van der Waals surface area contributed by atoms with Crippen LogP contribution in [0.25, 0.3) is 0 Å². The average Bonchev–Trinajstić information content (AvgIpc) is 3.32. The summed E-state index contributed by atoms with van der Waals surface area (Å²) in [6.45, 7) is 0. The van der Waals surface area contributed by atoms with Crippen LogP contribution in [0.5, 0.6) is 5.75 Å². The molecule has 0 aliphatic carbocycles. The molecule has 6 nitrogen and oxygen atoms in total. The lowest BCUT2D eigenvalue weighted by molar-refractivity contribution is -0.117. The van der Waals surface area contributed by atoms with E-state index in [4.69, 9.17) is 27.6 Å². The quantitative estimate of drug-likeness (QED) is 0.564. The van der Waals surface area contributed by atoms with Crippen molar-refractivity contribution in [2.24, 2.45) is 0 Å². The summed E-state index contributed by atoms with van der Waals surface area (Å²) in [4.78, 5) is 27.2. The molecule has 1 atom stereocenters. The van der Waals surface area contributed by atoms with Crippen molar-refractivity contribution in [3.8, 4) is 5.75 Å². The Morgan fingerprint density at radius 2 is 1.79 bits per heavy atom. The highest BCUT2D eigenvalue weighted by atomic mass is 35.5. The minimum Gasteiger partial charge on any atom is -0.508 e. The van der Waals surface area contributed by atoms with Crippen LogP contribution in [0.15, 0.2) is 76.6 Å². The van der Waals surface area contributed by atoms with Gasteiger partial charge in [-0.15, -0.1) is 0 Å². The van der Waals surface area contributed by atoms with Gasteiger partial charge >= 0.3 is 0 Å². The third-order valence-corrected chi connectivity index (χ3v) is 5.30. The zero-order valence-electron chi connectivity index (χ0n) is 14.7. The van der Waals surface area contributed by atoms with Crippen LogP contribution < -0.4 is 4.90 Å². The molecule has 0 radical (unpaired) electrons. The van der Waals surface area contributed by atoms with E-state index in [0.717, 1.165) is 0 Å². The molecule has 0 fully saturated rings. The maximum absolute atomic E-state index is 13.0. The van der Waals surface area contributed by atoms with Crippen molar-refractivity contribution in [2.45, 2.75) is 6.04 Å². The summed E-state index contributed by atoms with van der Waals surface area (Å²) in [6, 6.07) is 12.6. The monoisotopic (exact) mass is 429 g/mol. The van der Waals surface area contributed by atoms with Gasteiger partial charge < -0.3 is 14.6 Å². The summed E-state index contributed by atoms with van der Waals surface area (Å²) in [5, 5.41) is 21.0. The Kier molecular flexibility index (Phi) is 4.82. The Balaban J connectivity index is 1.91. The predicted molar refractivity (Wildman–Crippen MR) is 107 cm³/mol. The molecular formula is C21H13Cl2NO5. The Bertz CT molecular complexity index is 1150. The van der Waals surface area contributed by atoms with E-state index in [2.05, 4.69) is 0 Å². The average molecular weight is 430 g/mol. The third kappa shape index (κ3) is 3.26. The number of anilines is 1. The summed E-state index contributed by atoms with van der Waals surface area (Å²) in [6.07, 6.45) is 1.32. The number of nitrogens with zero attached hydrogens (tertiary/aromatic N) is 1. The zero-order valence-corrected chi connectivity index (χ0v) is 16.2. The van der Waals surface area contributed by atoms with Crippen LogP contribution in [0.1, 0.15) is 22.2 Å². The van der Waals surface area contributed by atoms with E-state index in [1.165, 1.54) is 47.6 Å². The fraction of sp³-hybridized carbons (Fsp3) is 0.0476. The fourth-order valence-electron chi connectivity index (χ4n) is 3.29. The van der Waals surface area contributed by atoms with Crippen molar-refractivity contribution in [3.63, 3.8) is 0 Å². The largest absolute Gasteiger partial charge is 0.508 e. The number of aliphatic hydroxyl groups excluding tert-OH is 1. The van der Waals surface area contributed by atoms with E-state index in [1.807, 2.05) is 0 Å². The summed E-state index contributed by atoms with van der Waals surface area (Å²) in [7, 11) is 0. The normalized spacial score (nSPS) is 16.6. The van der Waals surface area contributed by atoms with Crippen LogP contribution in [0.3, 0.4) is 0 Å². The molecule has 2 N–H and O–H groups in total. The van der Waals surface area contributed by atoms with Gasteiger partial charge in [0.15, 0.2) is 11.5 Å². The van der Waals surface area contributed by atoms with Gasteiger partial charge in [0, 0.05) is 5.69 Å². The van der Waals surface area contributed by atoms with Gasteiger partial charge in [-0.3, -0.25) is 14.5 Å². The van der Waals surface area contributed by atoms with Gasteiger partial charge in [0.25, 0.3) is 5.91 Å². The maximum Gasteiger partial charge on any atom is 0.294 e. The van der Waals surface area contributed by atoms with Crippen LogP contribution in [0, 0.1) is 0 Å². The number of hydrogen-bond donors (Lipinski definition) is 2. The number of carbonyl (C=O) groups is 2. The van der Waals surface area contributed by atoms with E-state index >= 15 is 0 Å². The molecule has 4 rings (SSSR count). The second-order valence-corrected chi connectivity index (χ2v) is 7.15. The third-order valence-electron chi connectivity index (χ3n) is 4.57. The Labute approximate surface area is 175 Å². The van der Waals surface area contributed by atoms with Gasteiger partial charge in [0.05, 0.1) is 27.9 Å². The summed E-state index contributed by atoms with van der Waals surface area (Å²) in [5.41, 5.74) is 0.580. The highest BCUT2D eigenvalue weighted by Crippen LogP contribution is 2.43. The number of benzene rings is 2. The number of carbonyl (C=O) groups excluding carboxylic acids is 2. The first-order chi connectivity index (χ1) is 13.9. The zero-order chi connectivity index (χ0) is 20.7. The Morgan fingerprint density at radius 3 is 2.45 bits per heavy atom. The molecule has 1 aromatic heterocycles. The van der Waals surface area contributed by atoms with Crippen molar-refractivity contribution in [3.05, 3.63) is 93.6 Å². The number of hydrogen-bond acceptors (Lipinski definition) is 5. The smallest absolute Gasteiger partial charge is 0.294 e. The second-order valence-electron chi connectivity index (χ2n) is 6.34. The van der Waals surface area contributed by atoms with Crippen molar-refractivity contribution < 1.29 is 24.2 Å². The molecule has 2 heterocycles. The summed E-state index contributed by atoms with van der Waals surface area (Å²) < 4.78 is 5.16. The molecule has 1 aliphatic rings. The Morgan fingerprint density at radius 1 is 1.00 bits per heavy atom. The predicted octanol–water partition coefficient (Wildman–Crippen LogP) is 5.07. The molecule has 1 amide bonds. The number of amides is 1. The minimum absolute atomic E-state index is 0.0273. The number of phenols is 1. The summed E-state index contributed by atoms with van der Waals surface area (Å²) >= 11 is 12.1. The van der Waals surface area contributed by atoms with Gasteiger partial charge in [-0.2, -0.15) is 0 Å². The molecule has 1 aliphatic heterocycles. The van der Waals surface area contributed by atoms with Crippen LogP contribution in [0.2, 0.25) is 10.0 Å². The molecule has 0 saturated carbocycles. The van der Waals surface area contributed by atoms with Gasteiger partial charge in [-0.25, -0.2) is 0 Å². The number of Topliss-reactive ketones (excluding diaryl/α,β-unsaturated/α-hetero) is 1. The van der Waals surface area contributed by atoms with Crippen LogP contribution >= 0.6 is 23.2 Å². The van der Waals surface area contributed by atoms with Crippen LogP contribution in [-0.4, -0.2) is 21.9 Å². The molecule has 146 valence electrons. The van der Waals surface area contributed by atoms with E-state index in [9.17, 15) is 19.8 Å². The maximum atomic E-state index is 13.0. The number of aliphatic hydroxyl groups is 1. The standard InChI is InChI=1S/C21H13Cl2NO5/c22-14-7-6-12(10-15(14)23)24-18(11-3-1-4-13(25)9-11)17(20(27)21(24)28)19(26)16-5-2-8-29-16/h1-10,18,25,27H. The highest BCUT2D eigenvalue weighted by molar-refractivity contribution is 6.42. The lowest BCUT2D eigenvalue weighted by Gasteiger charge is -2.27. The van der Waals surface area contributed by atoms with E-state index in [-0.39, 0.29) is 22.1 Å². The Hall–Kier alpha value is -3.22. The molecule has 3 aromatic rings. The van der Waals surface area contributed by atoms with Gasteiger partial charge in [-0.1, -0.05) is 35.3 Å². The van der Waals surface area contributed by atoms with Gasteiger partial charge in [-0.05, 0) is 48.0 Å². The molecular weight excluding hydrogens is 417 g/mol. The highest BCUT2D eigenvalue weighted by Gasteiger charge is 2.45. The van der Waals surface area contributed by atoms with Crippen molar-refractivity contribution in [1.82, 2.24) is 0 Å². The van der Waals surface area contributed by atoms with Crippen molar-refractivity contribution in [2.75, 3.05) is 4.90 Å².